The van der Waals surface area contributed by atoms with Crippen molar-refractivity contribution in [2.45, 2.75) is 13.3 Å². The molecule has 0 amide bonds. The first-order valence-corrected chi connectivity index (χ1v) is 11.8. The van der Waals surface area contributed by atoms with Crippen molar-refractivity contribution < 1.29 is 0 Å². The monoisotopic (exact) mass is 463 g/mol. The zero-order valence-corrected chi connectivity index (χ0v) is 19.3. The van der Waals surface area contributed by atoms with Crippen LogP contribution in [0.5, 0.6) is 0 Å². The molecule has 34 heavy (non-hydrogen) atoms. The Labute approximate surface area is 199 Å². The lowest BCUT2D eigenvalue weighted by Gasteiger charge is -2.08. The van der Waals surface area contributed by atoms with Gasteiger partial charge in [-0.25, -0.2) is 0 Å². The lowest BCUT2D eigenvalue weighted by molar-refractivity contribution is 1.11. The summed E-state index contributed by atoms with van der Waals surface area (Å²) in [6.07, 6.45) is 8.10. The minimum absolute atomic E-state index is 0.825. The van der Waals surface area contributed by atoms with E-state index in [4.69, 9.17) is 0 Å². The third-order valence-corrected chi connectivity index (χ3v) is 6.66. The molecule has 6 rings (SSSR count). The molecule has 6 aromatic rings. The molecular formula is C26H21N7S. The molecule has 0 bridgehead atoms. The minimum atomic E-state index is 0.825. The Hall–Kier alpha value is -4.30. The quantitative estimate of drug-likeness (QED) is 0.258. The number of hydrogen-bond donors (Lipinski definition) is 3. The van der Waals surface area contributed by atoms with Crippen LogP contribution in [0.2, 0.25) is 0 Å². The van der Waals surface area contributed by atoms with Crippen molar-refractivity contribution in [3.63, 3.8) is 0 Å². The number of anilines is 1. The van der Waals surface area contributed by atoms with Crippen molar-refractivity contribution in [3.8, 4) is 33.2 Å². The number of H-pyrrole nitrogens is 2. The first-order valence-electron chi connectivity index (χ1n) is 11.0. The Bertz CT molecular complexity index is 1640. The van der Waals surface area contributed by atoms with Gasteiger partial charge in [-0.05, 0) is 42.1 Å². The van der Waals surface area contributed by atoms with Crippen molar-refractivity contribution >= 4 is 38.8 Å². The zero-order chi connectivity index (χ0) is 23.1. The summed E-state index contributed by atoms with van der Waals surface area (Å²) in [5.74, 6) is 0. The molecule has 3 N–H and O–H groups in total. The first kappa shape index (κ1) is 20.3. The van der Waals surface area contributed by atoms with Crippen molar-refractivity contribution in [3.05, 3.63) is 78.8 Å². The molecule has 8 heteroatoms. The molecule has 0 atom stereocenters. The van der Waals surface area contributed by atoms with Gasteiger partial charge in [-0.1, -0.05) is 19.6 Å². The lowest BCUT2D eigenvalue weighted by atomic mass is 10.1. The van der Waals surface area contributed by atoms with E-state index in [1.807, 2.05) is 42.9 Å². The molecule has 0 fully saturated rings. The van der Waals surface area contributed by atoms with Gasteiger partial charge in [0, 0.05) is 39.9 Å². The van der Waals surface area contributed by atoms with Crippen LogP contribution < -0.4 is 5.32 Å². The highest BCUT2D eigenvalue weighted by Crippen LogP contribution is 2.35. The fourth-order valence-electron chi connectivity index (χ4n) is 4.01. The molecule has 0 spiro atoms. The molecule has 6 heterocycles. The summed E-state index contributed by atoms with van der Waals surface area (Å²) in [4.78, 5) is 18.3. The summed E-state index contributed by atoms with van der Waals surface area (Å²) in [7, 11) is 0. The summed E-state index contributed by atoms with van der Waals surface area (Å²) < 4.78 is 0. The van der Waals surface area contributed by atoms with Crippen LogP contribution in [0, 0.1) is 0 Å². The van der Waals surface area contributed by atoms with Gasteiger partial charge in [0.25, 0.3) is 0 Å². The Morgan fingerprint density at radius 3 is 2.79 bits per heavy atom. The van der Waals surface area contributed by atoms with Crippen LogP contribution in [0.1, 0.15) is 13.3 Å². The van der Waals surface area contributed by atoms with Gasteiger partial charge in [0.2, 0.25) is 0 Å². The van der Waals surface area contributed by atoms with Crippen LogP contribution in [0.3, 0.4) is 0 Å². The maximum Gasteiger partial charge on any atom is 0.116 e. The molecule has 0 saturated heterocycles. The Morgan fingerprint density at radius 1 is 1.03 bits per heavy atom. The number of hydrogen-bond acceptors (Lipinski definition) is 6. The average Bonchev–Trinajstić information content (AvgIpc) is 3.62. The highest BCUT2D eigenvalue weighted by atomic mass is 32.1. The molecule has 0 aliphatic rings. The van der Waals surface area contributed by atoms with E-state index in [9.17, 15) is 0 Å². The van der Waals surface area contributed by atoms with E-state index < -0.39 is 0 Å². The van der Waals surface area contributed by atoms with Gasteiger partial charge < -0.3 is 10.3 Å². The van der Waals surface area contributed by atoms with E-state index >= 15 is 0 Å². The molecule has 0 aliphatic carbocycles. The van der Waals surface area contributed by atoms with E-state index in [0.717, 1.165) is 72.8 Å². The van der Waals surface area contributed by atoms with Crippen LogP contribution in [0.25, 0.3) is 55.0 Å². The Morgan fingerprint density at radius 2 is 1.94 bits per heavy atom. The van der Waals surface area contributed by atoms with Crippen LogP contribution in [-0.2, 0) is 0 Å². The second-order valence-corrected chi connectivity index (χ2v) is 8.96. The van der Waals surface area contributed by atoms with Gasteiger partial charge in [-0.2, -0.15) is 5.10 Å². The smallest absolute Gasteiger partial charge is 0.116 e. The van der Waals surface area contributed by atoms with E-state index in [-0.39, 0.29) is 0 Å². The SMILES string of the molecule is C=C(CC)Nc1cncc(-c2cc3c(-c4cc5c(-c6cccs6)nccc5[nH]4)n[nH]c3cn2)c1. The van der Waals surface area contributed by atoms with Crippen molar-refractivity contribution in [1.29, 1.82) is 0 Å². The number of nitrogens with zero attached hydrogens (tertiary/aromatic N) is 4. The second-order valence-electron chi connectivity index (χ2n) is 8.01. The third-order valence-electron chi connectivity index (χ3n) is 5.79. The summed E-state index contributed by atoms with van der Waals surface area (Å²) in [5, 5.41) is 15.1. The van der Waals surface area contributed by atoms with Crippen LogP contribution >= 0.6 is 11.3 Å². The maximum absolute atomic E-state index is 4.63. The van der Waals surface area contributed by atoms with E-state index in [1.165, 1.54) is 0 Å². The molecule has 7 nitrogen and oxygen atoms in total. The van der Waals surface area contributed by atoms with E-state index in [1.54, 1.807) is 17.5 Å². The Kier molecular flexibility index (Phi) is 4.92. The summed E-state index contributed by atoms with van der Waals surface area (Å²) in [6, 6.07) is 12.3. The fourth-order valence-corrected chi connectivity index (χ4v) is 4.75. The van der Waals surface area contributed by atoms with Crippen LogP contribution in [0.15, 0.2) is 78.8 Å². The fraction of sp³-hybridized carbons (Fsp3) is 0.0769. The third kappa shape index (κ3) is 3.54. The molecule has 0 unspecified atom stereocenters. The molecule has 0 radical (unpaired) electrons. The van der Waals surface area contributed by atoms with Crippen LogP contribution in [-0.4, -0.2) is 30.1 Å². The van der Waals surface area contributed by atoms with Gasteiger partial charge in [-0.15, -0.1) is 11.3 Å². The number of nitrogens with one attached hydrogen (secondary N) is 3. The second kappa shape index (κ2) is 8.24. The number of allylic oxidation sites excluding steroid dienone is 1. The molecule has 6 aromatic heterocycles. The largest absolute Gasteiger partial charge is 0.358 e. The van der Waals surface area contributed by atoms with Gasteiger partial charge in [0.05, 0.1) is 45.6 Å². The summed E-state index contributed by atoms with van der Waals surface area (Å²) in [5.41, 5.74) is 8.22. The molecule has 166 valence electrons. The molecule has 0 saturated carbocycles. The van der Waals surface area contributed by atoms with Crippen molar-refractivity contribution in [1.82, 2.24) is 30.1 Å². The highest BCUT2D eigenvalue weighted by Gasteiger charge is 2.16. The summed E-state index contributed by atoms with van der Waals surface area (Å²) >= 11 is 1.68. The zero-order valence-electron chi connectivity index (χ0n) is 18.5. The minimum Gasteiger partial charge on any atom is -0.358 e. The van der Waals surface area contributed by atoms with Gasteiger partial charge >= 0.3 is 0 Å². The van der Waals surface area contributed by atoms with Gasteiger partial charge in [0.15, 0.2) is 0 Å². The topological polar surface area (TPSA) is 95.2 Å². The van der Waals surface area contributed by atoms with Gasteiger partial charge in [0.1, 0.15) is 5.69 Å². The number of fused-ring (bicyclic) bond motifs is 2. The molecule has 0 aromatic carbocycles. The van der Waals surface area contributed by atoms with Crippen molar-refractivity contribution in [2.24, 2.45) is 0 Å². The average molecular weight is 464 g/mol. The molecular weight excluding hydrogens is 442 g/mol. The first-order chi connectivity index (χ1) is 16.7. The predicted molar refractivity (Wildman–Crippen MR) is 139 cm³/mol. The Balaban J connectivity index is 1.43. The number of pyridine rings is 3. The summed E-state index contributed by atoms with van der Waals surface area (Å²) in [6.45, 7) is 6.08. The lowest BCUT2D eigenvalue weighted by Crippen LogP contribution is -1.97. The standard InChI is InChI=1S/C26H21N7S/c1-3-15(2)30-17-9-16(12-27-13-17)21-10-19-23(14-29-21)32-33-25(19)22-11-18-20(31-22)6-7-28-26(18)24-5-4-8-34-24/h4-14,30-31H,2-3H2,1H3,(H,32,33). The maximum atomic E-state index is 4.63. The number of aromatic nitrogens is 6. The number of thiophene rings is 1. The van der Waals surface area contributed by atoms with Crippen LogP contribution in [0.4, 0.5) is 5.69 Å². The number of rotatable bonds is 6. The number of aromatic amines is 2. The van der Waals surface area contributed by atoms with E-state index in [2.05, 4.69) is 66.5 Å². The normalized spacial score (nSPS) is 11.3. The van der Waals surface area contributed by atoms with Gasteiger partial charge in [-0.3, -0.25) is 20.1 Å². The van der Waals surface area contributed by atoms with E-state index in [0.29, 0.717) is 0 Å². The highest BCUT2D eigenvalue weighted by molar-refractivity contribution is 7.13. The predicted octanol–water partition coefficient (Wildman–Crippen LogP) is 6.63. The van der Waals surface area contributed by atoms with Crippen molar-refractivity contribution in [2.75, 3.05) is 5.32 Å². The molecule has 0 aliphatic heterocycles.